The van der Waals surface area contributed by atoms with Crippen LogP contribution < -0.4 is 10.2 Å². The average Bonchev–Trinajstić information content (AvgIpc) is 3.31. The van der Waals surface area contributed by atoms with Gasteiger partial charge in [-0.3, -0.25) is 4.90 Å². The minimum absolute atomic E-state index is 0. The Labute approximate surface area is 219 Å². The maximum atomic E-state index is 13.5. The molecule has 5 rings (SSSR count). The van der Waals surface area contributed by atoms with E-state index in [0.29, 0.717) is 28.8 Å². The van der Waals surface area contributed by atoms with Crippen LogP contribution in [0.3, 0.4) is 0 Å². The molecule has 1 saturated heterocycles. The molecule has 1 aliphatic heterocycles. The van der Waals surface area contributed by atoms with E-state index in [1.165, 1.54) is 6.07 Å². The van der Waals surface area contributed by atoms with E-state index in [0.717, 1.165) is 62.4 Å². The van der Waals surface area contributed by atoms with E-state index in [4.69, 9.17) is 9.51 Å². The van der Waals surface area contributed by atoms with Crippen molar-refractivity contribution in [3.8, 4) is 11.1 Å². The molecule has 7 nitrogen and oxygen atoms in total. The van der Waals surface area contributed by atoms with Crippen LogP contribution in [-0.2, 0) is 12.7 Å². The molecular weight excluding hydrogens is 505 g/mol. The summed E-state index contributed by atoms with van der Waals surface area (Å²) >= 11 is 0. The van der Waals surface area contributed by atoms with E-state index in [1.54, 1.807) is 6.20 Å². The van der Waals surface area contributed by atoms with E-state index in [2.05, 4.69) is 25.3 Å². The lowest BCUT2D eigenvalue weighted by Crippen LogP contribution is -2.48. The molecule has 0 spiro atoms. The molecule has 0 radical (unpaired) electrons. The first kappa shape index (κ1) is 26.8. The van der Waals surface area contributed by atoms with E-state index >= 15 is 0 Å². The Bertz CT molecular complexity index is 1320. The summed E-state index contributed by atoms with van der Waals surface area (Å²) in [4.78, 5) is 13.2. The summed E-state index contributed by atoms with van der Waals surface area (Å²) in [5.41, 5.74) is 1.67. The lowest BCUT2D eigenvalue weighted by Gasteiger charge is -2.36. The molecule has 1 fully saturated rings. The number of nitrogens with one attached hydrogen (secondary N) is 1. The number of nitrogens with zero attached hydrogens (tertiary/aromatic N) is 5. The molecule has 0 saturated carbocycles. The molecule has 0 atom stereocenters. The number of pyridine rings is 2. The van der Waals surface area contributed by atoms with Gasteiger partial charge in [-0.15, -0.1) is 12.4 Å². The lowest BCUT2D eigenvalue weighted by atomic mass is 10.0. The Balaban J connectivity index is 0.00000320. The molecule has 0 bridgehead atoms. The van der Waals surface area contributed by atoms with Gasteiger partial charge in [0.15, 0.2) is 0 Å². The van der Waals surface area contributed by atoms with Crippen molar-refractivity contribution in [2.75, 3.05) is 44.2 Å². The number of hydrogen-bond donors (Lipinski definition) is 1. The highest BCUT2D eigenvalue weighted by atomic mass is 35.5. The average molecular weight is 533 g/mol. The third-order valence-corrected chi connectivity index (χ3v) is 6.34. The van der Waals surface area contributed by atoms with Crippen molar-refractivity contribution in [3.05, 3.63) is 71.9 Å². The number of rotatable bonds is 7. The van der Waals surface area contributed by atoms with Crippen LogP contribution >= 0.6 is 12.4 Å². The summed E-state index contributed by atoms with van der Waals surface area (Å²) in [6, 6.07) is 13.7. The number of fused-ring (bicyclic) bond motifs is 1. The van der Waals surface area contributed by atoms with Crippen LogP contribution in [0.15, 0.2) is 59.3 Å². The monoisotopic (exact) mass is 532 g/mol. The van der Waals surface area contributed by atoms with Gasteiger partial charge in [-0.25, -0.2) is 9.97 Å². The summed E-state index contributed by atoms with van der Waals surface area (Å²) in [7, 11) is 0. The standard InChI is InChI=1S/C26H27F3N6O.ClH/c1-18-15-20(33-36-18)16-30-9-10-34-11-13-35(14-12-34)25-21-7-8-23(26(27,28)29)32-24(21)22(17-31-25)19-5-3-2-4-6-19;/h2-8,15,17,30H,9-14,16H2,1H3;1H. The molecule has 0 unspecified atom stereocenters. The fourth-order valence-corrected chi connectivity index (χ4v) is 4.48. The molecule has 4 heterocycles. The molecule has 11 heteroatoms. The number of benzene rings is 1. The Morgan fingerprint density at radius 1 is 1.03 bits per heavy atom. The van der Waals surface area contributed by atoms with Crippen LogP contribution in [0.1, 0.15) is 17.1 Å². The van der Waals surface area contributed by atoms with E-state index in [1.807, 2.05) is 43.3 Å². The molecule has 196 valence electrons. The van der Waals surface area contributed by atoms with Gasteiger partial charge in [0.05, 0.1) is 11.2 Å². The van der Waals surface area contributed by atoms with Gasteiger partial charge in [-0.1, -0.05) is 35.5 Å². The minimum atomic E-state index is -4.52. The summed E-state index contributed by atoms with van der Waals surface area (Å²) in [6.07, 6.45) is -2.88. The molecule has 0 aliphatic carbocycles. The Morgan fingerprint density at radius 3 is 2.46 bits per heavy atom. The zero-order valence-electron chi connectivity index (χ0n) is 20.3. The molecule has 1 aromatic carbocycles. The molecule has 1 aliphatic rings. The van der Waals surface area contributed by atoms with Gasteiger partial charge in [-0.2, -0.15) is 13.2 Å². The topological polar surface area (TPSA) is 70.3 Å². The van der Waals surface area contributed by atoms with Crippen LogP contribution in [0, 0.1) is 6.92 Å². The van der Waals surface area contributed by atoms with Crippen molar-refractivity contribution in [1.29, 1.82) is 0 Å². The second-order valence-corrected chi connectivity index (χ2v) is 8.89. The van der Waals surface area contributed by atoms with Crippen molar-refractivity contribution in [2.24, 2.45) is 0 Å². The highest BCUT2D eigenvalue weighted by Crippen LogP contribution is 2.36. The Kier molecular flexibility index (Phi) is 8.31. The Hall–Kier alpha value is -3.21. The van der Waals surface area contributed by atoms with Crippen LogP contribution in [0.25, 0.3) is 22.0 Å². The third-order valence-electron chi connectivity index (χ3n) is 6.34. The highest BCUT2D eigenvalue weighted by molar-refractivity contribution is 5.99. The summed E-state index contributed by atoms with van der Waals surface area (Å²) in [6.45, 7) is 7.38. The van der Waals surface area contributed by atoms with Crippen molar-refractivity contribution >= 4 is 29.1 Å². The van der Waals surface area contributed by atoms with Crippen LogP contribution in [0.5, 0.6) is 0 Å². The maximum absolute atomic E-state index is 13.5. The van der Waals surface area contributed by atoms with Crippen molar-refractivity contribution < 1.29 is 17.7 Å². The summed E-state index contributed by atoms with van der Waals surface area (Å²) < 4.78 is 45.5. The fraction of sp³-hybridized carbons (Fsp3) is 0.346. The molecule has 37 heavy (non-hydrogen) atoms. The molecule has 1 N–H and O–H groups in total. The lowest BCUT2D eigenvalue weighted by molar-refractivity contribution is -0.140. The quantitative estimate of drug-likeness (QED) is 0.338. The van der Waals surface area contributed by atoms with Crippen LogP contribution in [0.2, 0.25) is 0 Å². The zero-order chi connectivity index (χ0) is 25.1. The maximum Gasteiger partial charge on any atom is 0.433 e. The SMILES string of the molecule is Cc1cc(CNCCN2CCN(c3ncc(-c4ccccc4)c4nc(C(F)(F)F)ccc34)CC2)no1.Cl. The number of aromatic nitrogens is 3. The largest absolute Gasteiger partial charge is 0.433 e. The number of anilines is 1. The van der Waals surface area contributed by atoms with Gasteiger partial charge >= 0.3 is 6.18 Å². The number of aryl methyl sites for hydroxylation is 1. The van der Waals surface area contributed by atoms with Crippen molar-refractivity contribution in [1.82, 2.24) is 25.3 Å². The minimum Gasteiger partial charge on any atom is -0.361 e. The second-order valence-electron chi connectivity index (χ2n) is 8.89. The van der Waals surface area contributed by atoms with Gasteiger partial charge in [0.25, 0.3) is 0 Å². The van der Waals surface area contributed by atoms with Gasteiger partial charge in [-0.05, 0) is 24.6 Å². The van der Waals surface area contributed by atoms with Crippen LogP contribution in [0.4, 0.5) is 19.0 Å². The molecule has 3 aromatic heterocycles. The predicted octanol–water partition coefficient (Wildman–Crippen LogP) is 4.95. The van der Waals surface area contributed by atoms with Gasteiger partial charge < -0.3 is 14.7 Å². The predicted molar refractivity (Wildman–Crippen MR) is 139 cm³/mol. The fourth-order valence-electron chi connectivity index (χ4n) is 4.48. The summed E-state index contributed by atoms with van der Waals surface area (Å²) in [5.74, 6) is 1.47. The number of hydrogen-bond acceptors (Lipinski definition) is 7. The second kappa shape index (κ2) is 11.5. The number of piperazine rings is 1. The highest BCUT2D eigenvalue weighted by Gasteiger charge is 2.33. The third kappa shape index (κ3) is 6.20. The normalized spacial score (nSPS) is 14.6. The first-order valence-electron chi connectivity index (χ1n) is 11.9. The van der Waals surface area contributed by atoms with Gasteiger partial charge in [0, 0.05) is 69.0 Å². The van der Waals surface area contributed by atoms with E-state index < -0.39 is 11.9 Å². The zero-order valence-corrected chi connectivity index (χ0v) is 21.1. The van der Waals surface area contributed by atoms with E-state index in [9.17, 15) is 13.2 Å². The summed E-state index contributed by atoms with van der Waals surface area (Å²) in [5, 5.41) is 7.99. The van der Waals surface area contributed by atoms with Gasteiger partial charge in [0.2, 0.25) is 0 Å². The molecular formula is C26H28ClF3N6O. The van der Waals surface area contributed by atoms with Gasteiger partial charge in [0.1, 0.15) is 17.3 Å². The van der Waals surface area contributed by atoms with Crippen molar-refractivity contribution in [2.45, 2.75) is 19.6 Å². The molecule has 4 aromatic rings. The van der Waals surface area contributed by atoms with Crippen molar-refractivity contribution in [3.63, 3.8) is 0 Å². The number of alkyl halides is 3. The Morgan fingerprint density at radius 2 is 1.78 bits per heavy atom. The molecule has 0 amide bonds. The first-order valence-corrected chi connectivity index (χ1v) is 11.9. The first-order chi connectivity index (χ1) is 17.4. The van der Waals surface area contributed by atoms with Crippen LogP contribution in [-0.4, -0.2) is 59.3 Å². The van der Waals surface area contributed by atoms with E-state index in [-0.39, 0.29) is 12.4 Å². The number of halogens is 4. The smallest absolute Gasteiger partial charge is 0.361 e.